The summed E-state index contributed by atoms with van der Waals surface area (Å²) in [6.07, 6.45) is 1.14. The number of hydrogen-bond acceptors (Lipinski definition) is 4. The molecule has 1 heterocycles. The number of aromatic nitrogens is 3. The van der Waals surface area contributed by atoms with E-state index in [0.29, 0.717) is 30.0 Å². The van der Waals surface area contributed by atoms with Crippen LogP contribution in [-0.2, 0) is 18.3 Å². The summed E-state index contributed by atoms with van der Waals surface area (Å²) in [5.74, 6) is 0.0237. The SMILES string of the molecule is CCC(C)C(=O)Nc1ccccc1C(=O)NCCc1n[nH]c(=O)n1C. The lowest BCUT2D eigenvalue weighted by molar-refractivity contribution is -0.119. The zero-order valence-electron chi connectivity index (χ0n) is 14.6. The van der Waals surface area contributed by atoms with Crippen molar-refractivity contribution >= 4 is 17.5 Å². The number of aromatic amines is 1. The second kappa shape index (κ2) is 8.27. The van der Waals surface area contributed by atoms with Gasteiger partial charge in [0.2, 0.25) is 5.91 Å². The summed E-state index contributed by atoms with van der Waals surface area (Å²) in [4.78, 5) is 35.8. The molecule has 1 aromatic heterocycles. The number of benzene rings is 1. The van der Waals surface area contributed by atoms with Crippen molar-refractivity contribution in [2.24, 2.45) is 13.0 Å². The smallest absolute Gasteiger partial charge is 0.343 e. The molecule has 0 aliphatic heterocycles. The van der Waals surface area contributed by atoms with E-state index in [1.807, 2.05) is 13.8 Å². The van der Waals surface area contributed by atoms with E-state index < -0.39 is 0 Å². The number of rotatable bonds is 7. The van der Waals surface area contributed by atoms with E-state index in [2.05, 4.69) is 20.8 Å². The Balaban J connectivity index is 2.00. The largest absolute Gasteiger partial charge is 0.352 e. The summed E-state index contributed by atoms with van der Waals surface area (Å²) in [5.41, 5.74) is 0.590. The molecule has 0 saturated heterocycles. The topological polar surface area (TPSA) is 109 Å². The average Bonchev–Trinajstić information content (AvgIpc) is 2.93. The van der Waals surface area contributed by atoms with Crippen molar-refractivity contribution in [3.63, 3.8) is 0 Å². The van der Waals surface area contributed by atoms with Gasteiger partial charge in [0.1, 0.15) is 5.82 Å². The van der Waals surface area contributed by atoms with E-state index in [1.54, 1.807) is 31.3 Å². The number of H-pyrrole nitrogens is 1. The molecular formula is C17H23N5O3. The van der Waals surface area contributed by atoms with Crippen LogP contribution in [-0.4, -0.2) is 33.1 Å². The molecule has 25 heavy (non-hydrogen) atoms. The lowest BCUT2D eigenvalue weighted by atomic mass is 10.1. The zero-order chi connectivity index (χ0) is 18.4. The van der Waals surface area contributed by atoms with E-state index in [4.69, 9.17) is 0 Å². The molecule has 0 saturated carbocycles. The molecule has 0 spiro atoms. The Morgan fingerprint density at radius 2 is 2.04 bits per heavy atom. The summed E-state index contributed by atoms with van der Waals surface area (Å²) in [6.45, 7) is 4.10. The molecule has 0 bridgehead atoms. The molecule has 2 amide bonds. The molecule has 134 valence electrons. The number of para-hydroxylation sites is 1. The quantitative estimate of drug-likeness (QED) is 0.697. The number of hydrogen-bond donors (Lipinski definition) is 3. The third-order valence-corrected chi connectivity index (χ3v) is 4.10. The van der Waals surface area contributed by atoms with Crippen LogP contribution in [0.25, 0.3) is 0 Å². The molecule has 0 fully saturated rings. The number of nitrogens with zero attached hydrogens (tertiary/aromatic N) is 2. The van der Waals surface area contributed by atoms with Crippen LogP contribution in [0.5, 0.6) is 0 Å². The van der Waals surface area contributed by atoms with Crippen molar-refractivity contribution in [3.05, 3.63) is 46.1 Å². The standard InChI is InChI=1S/C17H23N5O3/c1-4-11(2)15(23)19-13-8-6-5-7-12(13)16(24)18-10-9-14-20-21-17(25)22(14)3/h5-8,11H,4,9-10H2,1-3H3,(H,18,24)(H,19,23)(H,21,25). The van der Waals surface area contributed by atoms with Gasteiger partial charge in [0.25, 0.3) is 5.91 Å². The first-order chi connectivity index (χ1) is 11.9. The number of anilines is 1. The molecule has 2 aromatic rings. The normalized spacial score (nSPS) is 11.8. The number of nitrogens with one attached hydrogen (secondary N) is 3. The Morgan fingerprint density at radius 3 is 2.68 bits per heavy atom. The first-order valence-electron chi connectivity index (χ1n) is 8.22. The summed E-state index contributed by atoms with van der Waals surface area (Å²) >= 11 is 0. The molecule has 8 heteroatoms. The van der Waals surface area contributed by atoms with Gasteiger partial charge in [-0.3, -0.25) is 14.2 Å². The highest BCUT2D eigenvalue weighted by Crippen LogP contribution is 2.16. The minimum atomic E-state index is -0.292. The van der Waals surface area contributed by atoms with Gasteiger partial charge < -0.3 is 10.6 Å². The van der Waals surface area contributed by atoms with Gasteiger partial charge in [0.05, 0.1) is 11.3 Å². The number of carbonyl (C=O) groups is 2. The van der Waals surface area contributed by atoms with Gasteiger partial charge in [0, 0.05) is 25.9 Å². The first-order valence-corrected chi connectivity index (χ1v) is 8.22. The van der Waals surface area contributed by atoms with Gasteiger partial charge >= 0.3 is 5.69 Å². The van der Waals surface area contributed by atoms with E-state index in [-0.39, 0.29) is 23.4 Å². The molecule has 3 N–H and O–H groups in total. The highest BCUT2D eigenvalue weighted by Gasteiger charge is 2.16. The Bertz CT molecular complexity index is 809. The molecular weight excluding hydrogens is 322 g/mol. The van der Waals surface area contributed by atoms with Crippen LogP contribution in [0, 0.1) is 5.92 Å². The molecule has 0 aliphatic rings. The Hall–Kier alpha value is -2.90. The monoisotopic (exact) mass is 345 g/mol. The third-order valence-electron chi connectivity index (χ3n) is 4.10. The summed E-state index contributed by atoms with van der Waals surface area (Å²) in [7, 11) is 1.61. The van der Waals surface area contributed by atoms with E-state index in [0.717, 1.165) is 6.42 Å². The van der Waals surface area contributed by atoms with Crippen LogP contribution in [0.1, 0.15) is 36.5 Å². The summed E-state index contributed by atoms with van der Waals surface area (Å²) in [6, 6.07) is 6.87. The van der Waals surface area contributed by atoms with Gasteiger partial charge in [-0.25, -0.2) is 9.89 Å². The van der Waals surface area contributed by atoms with Gasteiger partial charge in [-0.2, -0.15) is 5.10 Å². The van der Waals surface area contributed by atoms with Gasteiger partial charge in [-0.15, -0.1) is 0 Å². The maximum atomic E-state index is 12.4. The van der Waals surface area contributed by atoms with Crippen LogP contribution in [0.15, 0.2) is 29.1 Å². The van der Waals surface area contributed by atoms with Crippen molar-refractivity contribution in [2.75, 3.05) is 11.9 Å². The fraction of sp³-hybridized carbons (Fsp3) is 0.412. The molecule has 2 rings (SSSR count). The summed E-state index contributed by atoms with van der Waals surface area (Å²) < 4.78 is 1.40. The minimum Gasteiger partial charge on any atom is -0.352 e. The first kappa shape index (κ1) is 18.4. The van der Waals surface area contributed by atoms with Gasteiger partial charge in [0.15, 0.2) is 0 Å². The highest BCUT2D eigenvalue weighted by molar-refractivity contribution is 6.04. The van der Waals surface area contributed by atoms with Gasteiger partial charge in [-0.1, -0.05) is 26.0 Å². The minimum absolute atomic E-state index is 0.116. The lowest BCUT2D eigenvalue weighted by Gasteiger charge is -2.13. The predicted octanol–water partition coefficient (Wildman–Crippen LogP) is 1.07. The Morgan fingerprint density at radius 1 is 1.32 bits per heavy atom. The average molecular weight is 345 g/mol. The highest BCUT2D eigenvalue weighted by atomic mass is 16.2. The van der Waals surface area contributed by atoms with E-state index in [9.17, 15) is 14.4 Å². The van der Waals surface area contributed by atoms with Crippen molar-refractivity contribution in [3.8, 4) is 0 Å². The second-order valence-corrected chi connectivity index (χ2v) is 5.85. The Kier molecular flexibility index (Phi) is 6.10. The zero-order valence-corrected chi connectivity index (χ0v) is 14.6. The fourth-order valence-corrected chi connectivity index (χ4v) is 2.22. The van der Waals surface area contributed by atoms with Crippen LogP contribution in [0.2, 0.25) is 0 Å². The molecule has 1 atom stereocenters. The van der Waals surface area contributed by atoms with E-state index in [1.165, 1.54) is 4.57 Å². The van der Waals surface area contributed by atoms with Crippen LogP contribution >= 0.6 is 0 Å². The molecule has 1 unspecified atom stereocenters. The molecule has 8 nitrogen and oxygen atoms in total. The van der Waals surface area contributed by atoms with Crippen LogP contribution in [0.4, 0.5) is 5.69 Å². The number of carbonyl (C=O) groups excluding carboxylic acids is 2. The second-order valence-electron chi connectivity index (χ2n) is 5.85. The number of amides is 2. The molecule has 1 aromatic carbocycles. The maximum absolute atomic E-state index is 12.4. The third kappa shape index (κ3) is 4.56. The van der Waals surface area contributed by atoms with Crippen molar-refractivity contribution < 1.29 is 9.59 Å². The van der Waals surface area contributed by atoms with Crippen LogP contribution < -0.4 is 16.3 Å². The lowest BCUT2D eigenvalue weighted by Crippen LogP contribution is -2.28. The van der Waals surface area contributed by atoms with Crippen LogP contribution in [0.3, 0.4) is 0 Å². The van der Waals surface area contributed by atoms with Crippen molar-refractivity contribution in [2.45, 2.75) is 26.7 Å². The Labute approximate surface area is 145 Å². The van der Waals surface area contributed by atoms with Gasteiger partial charge in [-0.05, 0) is 18.6 Å². The fourth-order valence-electron chi connectivity index (χ4n) is 2.22. The predicted molar refractivity (Wildman–Crippen MR) is 94.4 cm³/mol. The maximum Gasteiger partial charge on any atom is 0.343 e. The summed E-state index contributed by atoms with van der Waals surface area (Å²) in [5, 5.41) is 11.8. The van der Waals surface area contributed by atoms with E-state index >= 15 is 0 Å². The molecule has 0 radical (unpaired) electrons. The van der Waals surface area contributed by atoms with Crippen molar-refractivity contribution in [1.82, 2.24) is 20.1 Å². The molecule has 0 aliphatic carbocycles. The van der Waals surface area contributed by atoms with Crippen molar-refractivity contribution in [1.29, 1.82) is 0 Å².